The third-order valence-electron chi connectivity index (χ3n) is 3.53. The van der Waals surface area contributed by atoms with Crippen molar-refractivity contribution in [3.63, 3.8) is 0 Å². The van der Waals surface area contributed by atoms with Gasteiger partial charge in [0.15, 0.2) is 0 Å². The van der Waals surface area contributed by atoms with Crippen molar-refractivity contribution >= 4 is 5.97 Å². The van der Waals surface area contributed by atoms with Crippen molar-refractivity contribution in [3.8, 4) is 0 Å². The molecule has 1 rings (SSSR count). The number of esters is 1. The molecule has 1 aliphatic heterocycles. The third-order valence-corrected chi connectivity index (χ3v) is 3.53. The lowest BCUT2D eigenvalue weighted by Crippen LogP contribution is -2.45. The van der Waals surface area contributed by atoms with E-state index in [2.05, 4.69) is 23.9 Å². The monoisotopic (exact) mass is 241 g/mol. The quantitative estimate of drug-likeness (QED) is 0.591. The van der Waals surface area contributed by atoms with E-state index >= 15 is 0 Å². The van der Waals surface area contributed by atoms with E-state index in [1.165, 1.54) is 13.2 Å². The number of carbonyl (C=O) groups excluding carboxylic acids is 1. The summed E-state index contributed by atoms with van der Waals surface area (Å²) in [5.41, 5.74) is 0.00895. The summed E-state index contributed by atoms with van der Waals surface area (Å²) in [5.74, 6) is -0.332. The standard InChI is InChI=1S/C13H23NO3/c1-4-13(5-2)10-11(7-9-17-13)14-8-6-12(15)16-3/h6,8,11,14H,4-5,7,9-10H2,1-3H3/b8-6+. The Hall–Kier alpha value is -1.03. The van der Waals surface area contributed by atoms with Crippen LogP contribution in [0.25, 0.3) is 0 Å². The molecule has 0 radical (unpaired) electrons. The molecule has 0 bridgehead atoms. The van der Waals surface area contributed by atoms with E-state index in [1.54, 1.807) is 6.20 Å². The zero-order valence-corrected chi connectivity index (χ0v) is 11.0. The molecule has 0 spiro atoms. The maximum absolute atomic E-state index is 10.9. The minimum atomic E-state index is -0.332. The van der Waals surface area contributed by atoms with E-state index < -0.39 is 0 Å². The van der Waals surface area contributed by atoms with Crippen LogP contribution < -0.4 is 5.32 Å². The van der Waals surface area contributed by atoms with E-state index in [1.807, 2.05) is 0 Å². The summed E-state index contributed by atoms with van der Waals surface area (Å²) >= 11 is 0. The molecule has 1 heterocycles. The summed E-state index contributed by atoms with van der Waals surface area (Å²) in [6.07, 6.45) is 7.12. The summed E-state index contributed by atoms with van der Waals surface area (Å²) in [5, 5.41) is 3.25. The van der Waals surface area contributed by atoms with Crippen LogP contribution >= 0.6 is 0 Å². The molecule has 17 heavy (non-hydrogen) atoms. The highest BCUT2D eigenvalue weighted by atomic mass is 16.5. The molecule has 98 valence electrons. The third kappa shape index (κ3) is 4.04. The number of nitrogens with one attached hydrogen (secondary N) is 1. The minimum absolute atomic E-state index is 0.00895. The molecule has 0 aromatic rings. The number of rotatable bonds is 5. The number of methoxy groups -OCH3 is 1. The Balaban J connectivity index is 2.44. The van der Waals surface area contributed by atoms with Crippen molar-refractivity contribution in [2.45, 2.75) is 51.2 Å². The highest BCUT2D eigenvalue weighted by molar-refractivity contribution is 5.81. The molecule has 0 saturated carbocycles. The Morgan fingerprint density at radius 2 is 2.24 bits per heavy atom. The van der Waals surface area contributed by atoms with Gasteiger partial charge in [0, 0.05) is 24.9 Å². The van der Waals surface area contributed by atoms with Gasteiger partial charge in [0.25, 0.3) is 0 Å². The van der Waals surface area contributed by atoms with Crippen LogP contribution in [0.3, 0.4) is 0 Å². The maximum Gasteiger partial charge on any atom is 0.331 e. The van der Waals surface area contributed by atoms with Gasteiger partial charge in [-0.1, -0.05) is 13.8 Å². The second-order valence-electron chi connectivity index (χ2n) is 4.45. The first-order valence-electron chi connectivity index (χ1n) is 6.30. The fourth-order valence-electron chi connectivity index (χ4n) is 2.23. The van der Waals surface area contributed by atoms with Gasteiger partial charge in [-0.25, -0.2) is 4.79 Å². The molecule has 1 unspecified atom stereocenters. The van der Waals surface area contributed by atoms with Crippen LogP contribution in [0.1, 0.15) is 39.5 Å². The topological polar surface area (TPSA) is 47.6 Å². The second-order valence-corrected chi connectivity index (χ2v) is 4.45. The van der Waals surface area contributed by atoms with Crippen molar-refractivity contribution in [1.82, 2.24) is 5.32 Å². The van der Waals surface area contributed by atoms with E-state index in [0.717, 1.165) is 32.3 Å². The largest absolute Gasteiger partial charge is 0.466 e. The molecule has 0 aliphatic carbocycles. The second kappa shape index (κ2) is 6.64. The zero-order chi connectivity index (χ0) is 12.7. The summed E-state index contributed by atoms with van der Waals surface area (Å²) in [7, 11) is 1.38. The Labute approximate surface area is 103 Å². The lowest BCUT2D eigenvalue weighted by atomic mass is 9.86. The molecule has 1 N–H and O–H groups in total. The summed E-state index contributed by atoms with van der Waals surface area (Å²) in [6, 6.07) is 0.379. The predicted octanol–water partition coefficient (Wildman–Crippen LogP) is 2.00. The SMILES string of the molecule is CCC1(CC)CC(N/C=C/C(=O)OC)CCO1. The molecule has 1 saturated heterocycles. The lowest BCUT2D eigenvalue weighted by Gasteiger charge is -2.40. The number of hydrogen-bond acceptors (Lipinski definition) is 4. The molecule has 0 aromatic carbocycles. The van der Waals surface area contributed by atoms with Crippen LogP contribution in [-0.2, 0) is 14.3 Å². The molecule has 4 heteroatoms. The molecule has 1 aliphatic rings. The average Bonchev–Trinajstić information content (AvgIpc) is 2.38. The number of hydrogen-bond donors (Lipinski definition) is 1. The summed E-state index contributed by atoms with van der Waals surface area (Å²) in [4.78, 5) is 10.9. The molecule has 4 nitrogen and oxygen atoms in total. The van der Waals surface area contributed by atoms with E-state index in [0.29, 0.717) is 6.04 Å². The van der Waals surface area contributed by atoms with Gasteiger partial charge in [-0.15, -0.1) is 0 Å². The van der Waals surface area contributed by atoms with Gasteiger partial charge in [-0.3, -0.25) is 0 Å². The molecule has 1 atom stereocenters. The average molecular weight is 241 g/mol. The Kier molecular flexibility index (Phi) is 5.48. The lowest BCUT2D eigenvalue weighted by molar-refractivity contribution is -0.134. The van der Waals surface area contributed by atoms with Crippen LogP contribution in [0.2, 0.25) is 0 Å². The van der Waals surface area contributed by atoms with Gasteiger partial charge < -0.3 is 14.8 Å². The van der Waals surface area contributed by atoms with Crippen LogP contribution in [0.15, 0.2) is 12.3 Å². The van der Waals surface area contributed by atoms with Crippen molar-refractivity contribution in [2.75, 3.05) is 13.7 Å². The van der Waals surface area contributed by atoms with Gasteiger partial charge in [0.2, 0.25) is 0 Å². The van der Waals surface area contributed by atoms with Crippen LogP contribution in [-0.4, -0.2) is 31.3 Å². The number of ether oxygens (including phenoxy) is 2. The Bertz CT molecular complexity index is 272. The first kappa shape index (κ1) is 14.0. The predicted molar refractivity (Wildman–Crippen MR) is 66.6 cm³/mol. The first-order valence-corrected chi connectivity index (χ1v) is 6.30. The van der Waals surface area contributed by atoms with Gasteiger partial charge >= 0.3 is 5.97 Å². The Morgan fingerprint density at radius 1 is 1.53 bits per heavy atom. The molecule has 0 aromatic heterocycles. The summed E-state index contributed by atoms with van der Waals surface area (Å²) < 4.78 is 10.4. The molecular weight excluding hydrogens is 218 g/mol. The van der Waals surface area contributed by atoms with Crippen molar-refractivity contribution in [2.24, 2.45) is 0 Å². The van der Waals surface area contributed by atoms with Gasteiger partial charge in [-0.2, -0.15) is 0 Å². The highest BCUT2D eigenvalue weighted by Crippen LogP contribution is 2.31. The van der Waals surface area contributed by atoms with Gasteiger partial charge in [0.05, 0.1) is 12.7 Å². The maximum atomic E-state index is 10.9. The van der Waals surface area contributed by atoms with Gasteiger partial charge in [0.1, 0.15) is 0 Å². The van der Waals surface area contributed by atoms with E-state index in [-0.39, 0.29) is 11.6 Å². The first-order chi connectivity index (χ1) is 8.15. The smallest absolute Gasteiger partial charge is 0.331 e. The molecule has 0 amide bonds. The zero-order valence-electron chi connectivity index (χ0n) is 11.0. The van der Waals surface area contributed by atoms with Crippen molar-refractivity contribution < 1.29 is 14.3 Å². The van der Waals surface area contributed by atoms with Crippen molar-refractivity contribution in [3.05, 3.63) is 12.3 Å². The van der Waals surface area contributed by atoms with E-state index in [4.69, 9.17) is 4.74 Å². The van der Waals surface area contributed by atoms with E-state index in [9.17, 15) is 4.79 Å². The highest BCUT2D eigenvalue weighted by Gasteiger charge is 2.33. The van der Waals surface area contributed by atoms with Crippen LogP contribution in [0.4, 0.5) is 0 Å². The minimum Gasteiger partial charge on any atom is -0.466 e. The number of carbonyl (C=O) groups is 1. The normalized spacial score (nSPS) is 23.6. The van der Waals surface area contributed by atoms with Gasteiger partial charge in [-0.05, 0) is 25.7 Å². The fourth-order valence-corrected chi connectivity index (χ4v) is 2.23. The Morgan fingerprint density at radius 3 is 2.82 bits per heavy atom. The van der Waals surface area contributed by atoms with Crippen LogP contribution in [0, 0.1) is 0 Å². The summed E-state index contributed by atoms with van der Waals surface area (Å²) in [6.45, 7) is 5.11. The fraction of sp³-hybridized carbons (Fsp3) is 0.769. The van der Waals surface area contributed by atoms with Crippen molar-refractivity contribution in [1.29, 1.82) is 0 Å². The molecule has 1 fully saturated rings. The van der Waals surface area contributed by atoms with Crippen LogP contribution in [0.5, 0.6) is 0 Å². The molecular formula is C13H23NO3.